The molecule has 1 saturated heterocycles. The van der Waals surface area contributed by atoms with Crippen molar-refractivity contribution in [3.05, 3.63) is 11.4 Å². The summed E-state index contributed by atoms with van der Waals surface area (Å²) in [6.07, 6.45) is -0.212. The molecule has 0 N–H and O–H groups in total. The van der Waals surface area contributed by atoms with Crippen LogP contribution in [0.4, 0.5) is 0 Å². The van der Waals surface area contributed by atoms with Crippen LogP contribution in [0.3, 0.4) is 0 Å². The molecule has 2 unspecified atom stereocenters. The molecule has 1 heterocycles. The van der Waals surface area contributed by atoms with Gasteiger partial charge >= 0.3 is 0 Å². The summed E-state index contributed by atoms with van der Waals surface area (Å²) in [7, 11) is -1.33. The second-order valence-electron chi connectivity index (χ2n) is 5.24. The molecule has 1 aliphatic rings. The molecular formula is C14H27N2O3P. The Morgan fingerprint density at radius 2 is 2.25 bits per heavy atom. The zero-order valence-corrected chi connectivity index (χ0v) is 13.7. The Balaban J connectivity index is 2.78. The van der Waals surface area contributed by atoms with Crippen LogP contribution in [0.2, 0.25) is 0 Å². The predicted octanol–water partition coefficient (Wildman–Crippen LogP) is 3.46. The van der Waals surface area contributed by atoms with Gasteiger partial charge < -0.3 is 18.6 Å². The quantitative estimate of drug-likeness (QED) is 0.391. The second-order valence-corrected chi connectivity index (χ2v) is 6.65. The van der Waals surface area contributed by atoms with Crippen LogP contribution < -0.4 is 0 Å². The lowest BCUT2D eigenvalue weighted by molar-refractivity contribution is 0.0548. The molecule has 116 valence electrons. The molecular weight excluding hydrogens is 275 g/mol. The van der Waals surface area contributed by atoms with Crippen molar-refractivity contribution in [1.82, 2.24) is 4.67 Å². The van der Waals surface area contributed by atoms with E-state index in [1.807, 2.05) is 0 Å². The van der Waals surface area contributed by atoms with Crippen LogP contribution >= 0.6 is 8.53 Å². The normalized spacial score (nSPS) is 29.6. The maximum absolute atomic E-state index is 7.71. The zero-order chi connectivity index (χ0) is 16.7. The van der Waals surface area contributed by atoms with Crippen molar-refractivity contribution in [1.29, 1.82) is 0 Å². The van der Waals surface area contributed by atoms with Crippen LogP contribution in [0, 0.1) is 6.57 Å². The molecule has 6 heteroatoms. The van der Waals surface area contributed by atoms with E-state index in [0.29, 0.717) is 19.6 Å². The topological polar surface area (TPSA) is 35.3 Å². The van der Waals surface area contributed by atoms with Crippen molar-refractivity contribution in [3.63, 3.8) is 0 Å². The highest BCUT2D eigenvalue weighted by molar-refractivity contribution is 7.44. The van der Waals surface area contributed by atoms with Crippen molar-refractivity contribution >= 4 is 8.53 Å². The lowest BCUT2D eigenvalue weighted by Crippen LogP contribution is -2.35. The first-order chi connectivity index (χ1) is 10.4. The first kappa shape index (κ1) is 14.7. The van der Waals surface area contributed by atoms with E-state index in [-0.39, 0.29) is 31.2 Å². The summed E-state index contributed by atoms with van der Waals surface area (Å²) < 4.78 is 34.7. The third-order valence-corrected chi connectivity index (χ3v) is 5.05. The fourth-order valence-electron chi connectivity index (χ4n) is 2.03. The molecule has 0 aromatic rings. The highest BCUT2D eigenvalue weighted by Crippen LogP contribution is 2.48. The van der Waals surface area contributed by atoms with Crippen molar-refractivity contribution in [2.24, 2.45) is 0 Å². The maximum atomic E-state index is 7.71. The second kappa shape index (κ2) is 8.92. The number of hydrogen-bond acceptors (Lipinski definition) is 4. The molecule has 0 aromatic heterocycles. The molecule has 0 radical (unpaired) electrons. The zero-order valence-electron chi connectivity index (χ0n) is 14.8. The minimum atomic E-state index is -1.33. The molecule has 0 spiro atoms. The summed E-state index contributed by atoms with van der Waals surface area (Å²) in [5, 5.41) is 0. The van der Waals surface area contributed by atoms with E-state index in [1.54, 1.807) is 0 Å². The smallest absolute Gasteiger partial charge is 0.259 e. The van der Waals surface area contributed by atoms with E-state index < -0.39 is 15.1 Å². The van der Waals surface area contributed by atoms with Crippen LogP contribution in [-0.2, 0) is 13.8 Å². The Labute approximate surface area is 127 Å². The SMILES string of the molecule is [2H]C[C@H]1O[C@@H]([3H])CC1OP(OCC[N+]#[C-])N(C(C)C)C(C)C. The standard InChI is InChI=1S/C14H27N2O3P/c1-11(2)16(12(3)4)20(18-10-8-15-6)19-14-7-9-17-13(14)5/h11-14H,7-10H2,1-5H3/t13-,14?,20?/m1/s1/i5D,9T/t9-,13+,14?,20?/m0. The summed E-state index contributed by atoms with van der Waals surface area (Å²) in [6, 6.07) is 0.477. The lowest BCUT2D eigenvalue weighted by atomic mass is 10.2. The monoisotopic (exact) mass is 305 g/mol. The van der Waals surface area contributed by atoms with E-state index in [4.69, 9.17) is 23.1 Å². The predicted molar refractivity (Wildman–Crippen MR) is 81.4 cm³/mol. The summed E-state index contributed by atoms with van der Waals surface area (Å²) in [5.41, 5.74) is 0. The molecule has 0 saturated carbocycles. The van der Waals surface area contributed by atoms with Crippen LogP contribution in [-0.4, -0.2) is 48.7 Å². The van der Waals surface area contributed by atoms with Gasteiger partial charge in [-0.2, -0.15) is 0 Å². The molecule has 0 bridgehead atoms. The maximum Gasteiger partial charge on any atom is 0.259 e. The molecule has 5 nitrogen and oxygen atoms in total. The third kappa shape index (κ3) is 5.27. The van der Waals surface area contributed by atoms with Gasteiger partial charge in [-0.15, -0.1) is 0 Å². The van der Waals surface area contributed by atoms with E-state index in [9.17, 15) is 0 Å². The fourth-order valence-corrected chi connectivity index (χ4v) is 3.78. The third-order valence-electron chi connectivity index (χ3n) is 2.89. The molecule has 0 aromatic carbocycles. The van der Waals surface area contributed by atoms with Crippen LogP contribution in [0.25, 0.3) is 4.85 Å². The van der Waals surface area contributed by atoms with Gasteiger partial charge in [0.1, 0.15) is 6.61 Å². The number of hydrogen-bond donors (Lipinski definition) is 0. The molecule has 1 fully saturated rings. The van der Waals surface area contributed by atoms with Gasteiger partial charge in [-0.05, 0) is 41.0 Å². The van der Waals surface area contributed by atoms with Gasteiger partial charge in [-0.3, -0.25) is 0 Å². The van der Waals surface area contributed by atoms with Gasteiger partial charge in [0, 0.05) is 20.0 Å². The summed E-state index contributed by atoms with van der Waals surface area (Å²) in [6.45, 7) is 15.3. The fraction of sp³-hybridized carbons (Fsp3) is 0.929. The minimum Gasteiger partial charge on any atom is -0.376 e. The molecule has 1 rings (SSSR count). The van der Waals surface area contributed by atoms with Gasteiger partial charge in [0.2, 0.25) is 6.54 Å². The lowest BCUT2D eigenvalue weighted by Gasteiger charge is -2.37. The molecule has 1 aliphatic heterocycles. The van der Waals surface area contributed by atoms with Crippen molar-refractivity contribution in [2.45, 2.75) is 65.3 Å². The highest BCUT2D eigenvalue weighted by atomic mass is 31.2. The van der Waals surface area contributed by atoms with Gasteiger partial charge in [-0.1, -0.05) is 0 Å². The Hall–Kier alpha value is -0.240. The first-order valence-corrected chi connectivity index (χ1v) is 8.11. The molecule has 20 heavy (non-hydrogen) atoms. The van der Waals surface area contributed by atoms with Crippen molar-refractivity contribution in [2.75, 3.05) is 19.7 Å². The van der Waals surface area contributed by atoms with Crippen LogP contribution in [0.5, 0.6) is 0 Å². The minimum absolute atomic E-state index is 0.0780. The summed E-state index contributed by atoms with van der Waals surface area (Å²) in [4.78, 5) is 3.31. The highest BCUT2D eigenvalue weighted by Gasteiger charge is 2.34. The first-order valence-electron chi connectivity index (χ1n) is 8.27. The van der Waals surface area contributed by atoms with Gasteiger partial charge in [0.25, 0.3) is 8.53 Å². The Morgan fingerprint density at radius 1 is 1.55 bits per heavy atom. The number of ether oxygens (including phenoxy) is 1. The average Bonchev–Trinajstić information content (AvgIpc) is 2.78. The van der Waals surface area contributed by atoms with Crippen molar-refractivity contribution < 1.29 is 16.5 Å². The van der Waals surface area contributed by atoms with Gasteiger partial charge in [-0.25, -0.2) is 11.2 Å². The van der Waals surface area contributed by atoms with E-state index in [0.717, 1.165) is 0 Å². The Morgan fingerprint density at radius 3 is 2.80 bits per heavy atom. The van der Waals surface area contributed by atoms with E-state index in [1.165, 1.54) is 0 Å². The number of rotatable bonds is 8. The van der Waals surface area contributed by atoms with E-state index in [2.05, 4.69) is 37.2 Å². The summed E-state index contributed by atoms with van der Waals surface area (Å²) in [5.74, 6) is 0. The van der Waals surface area contributed by atoms with Crippen LogP contribution in [0.15, 0.2) is 0 Å². The van der Waals surface area contributed by atoms with Gasteiger partial charge in [0.15, 0.2) is 0 Å². The molecule has 0 aliphatic carbocycles. The molecule has 0 amide bonds. The van der Waals surface area contributed by atoms with Crippen LogP contribution in [0.1, 0.15) is 43.8 Å². The Kier molecular flexibility index (Phi) is 6.55. The van der Waals surface area contributed by atoms with Crippen molar-refractivity contribution in [3.8, 4) is 0 Å². The number of nitrogens with zero attached hydrogens (tertiary/aromatic N) is 2. The van der Waals surface area contributed by atoms with Gasteiger partial charge in [0.05, 0.1) is 13.6 Å². The average molecular weight is 305 g/mol. The largest absolute Gasteiger partial charge is 0.376 e. The summed E-state index contributed by atoms with van der Waals surface area (Å²) >= 11 is 0. The Bertz CT molecular complexity index is 360. The van der Waals surface area contributed by atoms with E-state index >= 15 is 0 Å². The molecule has 4 atom stereocenters.